The van der Waals surface area contributed by atoms with Gasteiger partial charge in [-0.15, -0.1) is 0 Å². The highest BCUT2D eigenvalue weighted by atomic mass is 19.1. The Morgan fingerprint density at radius 2 is 2.00 bits per heavy atom. The minimum Gasteiger partial charge on any atom is -0.473 e. The Morgan fingerprint density at radius 3 is 2.59 bits per heavy atom. The molecule has 1 aromatic rings. The lowest BCUT2D eigenvalue weighted by Gasteiger charge is -2.36. The number of primary amides is 1. The van der Waals surface area contributed by atoms with Crippen molar-refractivity contribution in [2.24, 2.45) is 11.7 Å². The number of anilines is 1. The first-order chi connectivity index (χ1) is 17.3. The molecular formula is C23H27F2N5O7. The topological polar surface area (TPSA) is 171 Å². The largest absolute Gasteiger partial charge is 0.473 e. The Balaban J connectivity index is 1.63. The van der Waals surface area contributed by atoms with E-state index in [-0.39, 0.29) is 30.2 Å². The minimum absolute atomic E-state index is 0.141. The number of carbonyl (C=O) groups is 5. The van der Waals surface area contributed by atoms with E-state index in [2.05, 4.69) is 5.32 Å². The first kappa shape index (κ1) is 26.1. The summed E-state index contributed by atoms with van der Waals surface area (Å²) in [6.07, 6.45) is 0.127. The Kier molecular flexibility index (Phi) is 6.69. The number of rotatable bonds is 7. The maximum absolute atomic E-state index is 14.2. The van der Waals surface area contributed by atoms with Crippen molar-refractivity contribution in [3.63, 3.8) is 0 Å². The van der Waals surface area contributed by atoms with Crippen LogP contribution in [0, 0.1) is 17.6 Å². The van der Waals surface area contributed by atoms with Crippen molar-refractivity contribution in [1.29, 1.82) is 0 Å². The number of amides is 5. The summed E-state index contributed by atoms with van der Waals surface area (Å²) in [7, 11) is 1.35. The standard InChI is InChI=1S/C23H27F2N5O7/c1-10(27-22(35)36)19(32)29(2)14(5-11-3-4-11)20(33)30-9-23(8-15(30)18(26)31)21(34)28-17-13(25)6-12(24)7-16(17)37-23/h6-7,10-11,14-15,27H,3-5,8-9H2,1-2H3,(H2,26,31)(H,28,34)(H,35,36)/t10?,14?,15-,23+/m0/s1. The van der Waals surface area contributed by atoms with Crippen LogP contribution in [-0.2, 0) is 19.2 Å². The molecule has 200 valence electrons. The van der Waals surface area contributed by atoms with Gasteiger partial charge < -0.3 is 36.0 Å². The summed E-state index contributed by atoms with van der Waals surface area (Å²) in [6, 6.07) is -2.08. The van der Waals surface area contributed by atoms with Crippen LogP contribution in [0.15, 0.2) is 12.1 Å². The van der Waals surface area contributed by atoms with Gasteiger partial charge in [-0.3, -0.25) is 19.2 Å². The maximum Gasteiger partial charge on any atom is 0.405 e. The molecule has 1 spiro atoms. The van der Waals surface area contributed by atoms with E-state index in [1.54, 1.807) is 0 Å². The number of likely N-dealkylation sites (N-methyl/N-ethyl adjacent to an activating group) is 1. The summed E-state index contributed by atoms with van der Waals surface area (Å²) in [5.74, 6) is -5.28. The maximum atomic E-state index is 14.2. The number of ether oxygens (including phenoxy) is 1. The molecule has 0 radical (unpaired) electrons. The molecule has 4 rings (SSSR count). The molecule has 1 saturated heterocycles. The molecule has 5 N–H and O–H groups in total. The highest BCUT2D eigenvalue weighted by Gasteiger charge is 2.58. The van der Waals surface area contributed by atoms with Crippen LogP contribution in [0.4, 0.5) is 19.3 Å². The van der Waals surface area contributed by atoms with Crippen molar-refractivity contribution < 1.29 is 42.6 Å². The van der Waals surface area contributed by atoms with Crippen LogP contribution in [-0.4, -0.2) is 81.9 Å². The molecule has 1 aliphatic carbocycles. The van der Waals surface area contributed by atoms with Crippen LogP contribution in [0.5, 0.6) is 5.75 Å². The monoisotopic (exact) mass is 523 g/mol. The number of halogens is 2. The fraction of sp³-hybridized carbons (Fsp3) is 0.522. The third-order valence-electron chi connectivity index (χ3n) is 6.98. The second kappa shape index (κ2) is 9.48. The van der Waals surface area contributed by atoms with E-state index < -0.39 is 71.6 Å². The lowest BCUT2D eigenvalue weighted by Crippen LogP contribution is -2.57. The van der Waals surface area contributed by atoms with Crippen molar-refractivity contribution in [3.05, 3.63) is 23.8 Å². The van der Waals surface area contributed by atoms with Crippen molar-refractivity contribution in [2.75, 3.05) is 18.9 Å². The molecule has 2 fully saturated rings. The number of nitrogens with one attached hydrogen (secondary N) is 2. The highest BCUT2D eigenvalue weighted by Crippen LogP contribution is 2.42. The zero-order valence-corrected chi connectivity index (χ0v) is 20.1. The van der Waals surface area contributed by atoms with Crippen molar-refractivity contribution in [2.45, 2.75) is 56.3 Å². The molecule has 3 aliphatic rings. The minimum atomic E-state index is -1.85. The number of hydrogen-bond acceptors (Lipinski definition) is 6. The molecule has 5 amide bonds. The average Bonchev–Trinajstić information content (AvgIpc) is 3.55. The number of carboxylic acid groups (broad SMARTS) is 1. The van der Waals surface area contributed by atoms with Gasteiger partial charge in [0.25, 0.3) is 5.91 Å². The van der Waals surface area contributed by atoms with Gasteiger partial charge in [0.05, 0.1) is 6.54 Å². The fourth-order valence-corrected chi connectivity index (χ4v) is 4.82. The number of fused-ring (bicyclic) bond motifs is 1. The molecule has 12 nitrogen and oxygen atoms in total. The van der Waals surface area contributed by atoms with Gasteiger partial charge in [0.15, 0.2) is 11.6 Å². The predicted molar refractivity (Wildman–Crippen MR) is 122 cm³/mol. The van der Waals surface area contributed by atoms with E-state index >= 15 is 0 Å². The van der Waals surface area contributed by atoms with Crippen LogP contribution >= 0.6 is 0 Å². The van der Waals surface area contributed by atoms with Crippen LogP contribution in [0.25, 0.3) is 0 Å². The quantitative estimate of drug-likeness (QED) is 0.401. The van der Waals surface area contributed by atoms with Gasteiger partial charge in [-0.1, -0.05) is 12.8 Å². The van der Waals surface area contributed by atoms with Crippen molar-refractivity contribution in [3.8, 4) is 5.75 Å². The van der Waals surface area contributed by atoms with Gasteiger partial charge in [0, 0.05) is 25.6 Å². The van der Waals surface area contributed by atoms with Gasteiger partial charge in [0.1, 0.15) is 29.6 Å². The predicted octanol–water partition coefficient (Wildman–Crippen LogP) is 0.404. The second-order valence-corrected chi connectivity index (χ2v) is 9.71. The Labute approximate surface area is 210 Å². The zero-order valence-electron chi connectivity index (χ0n) is 20.1. The molecular weight excluding hydrogens is 496 g/mol. The molecule has 1 aromatic carbocycles. The molecule has 2 heterocycles. The Morgan fingerprint density at radius 1 is 1.32 bits per heavy atom. The number of carbonyl (C=O) groups excluding carboxylic acids is 4. The molecule has 2 aliphatic heterocycles. The molecule has 14 heteroatoms. The van der Waals surface area contributed by atoms with E-state index in [1.165, 1.54) is 14.0 Å². The SMILES string of the molecule is CC(NC(=O)O)C(=O)N(C)C(CC1CC1)C(=O)N1C[C@@]2(C[C@H]1C(N)=O)Oc1cc(F)cc(F)c1NC2=O. The summed E-state index contributed by atoms with van der Waals surface area (Å²) in [4.78, 5) is 65.2. The van der Waals surface area contributed by atoms with E-state index in [9.17, 15) is 32.8 Å². The van der Waals surface area contributed by atoms with E-state index in [0.717, 1.165) is 28.7 Å². The van der Waals surface area contributed by atoms with E-state index in [1.807, 2.05) is 5.32 Å². The van der Waals surface area contributed by atoms with Crippen LogP contribution in [0.1, 0.15) is 32.6 Å². The summed E-state index contributed by atoms with van der Waals surface area (Å²) in [5, 5.41) is 13.3. The third kappa shape index (κ3) is 5.00. The average molecular weight is 523 g/mol. The molecule has 37 heavy (non-hydrogen) atoms. The number of benzene rings is 1. The molecule has 0 bridgehead atoms. The van der Waals surface area contributed by atoms with Gasteiger partial charge in [-0.2, -0.15) is 0 Å². The number of nitrogens with zero attached hydrogens (tertiary/aromatic N) is 2. The van der Waals surface area contributed by atoms with Crippen LogP contribution < -0.4 is 21.1 Å². The molecule has 0 aromatic heterocycles. The van der Waals surface area contributed by atoms with E-state index in [4.69, 9.17) is 15.6 Å². The Bertz CT molecular complexity index is 1180. The lowest BCUT2D eigenvalue weighted by atomic mass is 9.96. The second-order valence-electron chi connectivity index (χ2n) is 9.71. The van der Waals surface area contributed by atoms with Gasteiger partial charge >= 0.3 is 6.09 Å². The van der Waals surface area contributed by atoms with Gasteiger partial charge in [-0.25, -0.2) is 13.6 Å². The number of likely N-dealkylation sites (tertiary alicyclic amines) is 1. The van der Waals surface area contributed by atoms with E-state index in [0.29, 0.717) is 6.07 Å². The van der Waals surface area contributed by atoms with Crippen molar-refractivity contribution >= 4 is 35.4 Å². The summed E-state index contributed by atoms with van der Waals surface area (Å²) in [5.41, 5.74) is 3.34. The highest BCUT2D eigenvalue weighted by molar-refractivity contribution is 6.03. The third-order valence-corrected chi connectivity index (χ3v) is 6.98. The summed E-state index contributed by atoms with van der Waals surface area (Å²) >= 11 is 0. The number of nitrogens with two attached hydrogens (primary N) is 1. The van der Waals surface area contributed by atoms with Crippen LogP contribution in [0.3, 0.4) is 0 Å². The molecule has 1 saturated carbocycles. The Hall–Kier alpha value is -3.97. The molecule has 2 unspecified atom stereocenters. The first-order valence-electron chi connectivity index (χ1n) is 11.7. The first-order valence-corrected chi connectivity index (χ1v) is 11.7. The van der Waals surface area contributed by atoms with Gasteiger partial charge in [0.2, 0.25) is 23.3 Å². The normalized spacial score (nSPS) is 23.9. The molecule has 4 atom stereocenters. The number of hydrogen-bond donors (Lipinski definition) is 4. The van der Waals surface area contributed by atoms with Crippen LogP contribution in [0.2, 0.25) is 0 Å². The summed E-state index contributed by atoms with van der Waals surface area (Å²) < 4.78 is 33.7. The summed E-state index contributed by atoms with van der Waals surface area (Å²) in [6.45, 7) is 0.869. The zero-order chi connectivity index (χ0) is 27.2. The lowest BCUT2D eigenvalue weighted by molar-refractivity contribution is -0.148. The van der Waals surface area contributed by atoms with Crippen molar-refractivity contribution in [1.82, 2.24) is 15.1 Å². The smallest absolute Gasteiger partial charge is 0.405 e. The fourth-order valence-electron chi connectivity index (χ4n) is 4.82. The van der Waals surface area contributed by atoms with Gasteiger partial charge in [-0.05, 0) is 19.3 Å².